The molecule has 0 amide bonds. The van der Waals surface area contributed by atoms with Gasteiger partial charge in [-0.1, -0.05) is 22.9 Å². The maximum absolute atomic E-state index is 12.2. The average molecular weight is 331 g/mol. The van der Waals surface area contributed by atoms with Crippen LogP contribution >= 0.6 is 15.9 Å². The highest BCUT2D eigenvalue weighted by Gasteiger charge is 2.21. The normalized spacial score (nSPS) is 12.9. The number of nitrogen functional groups attached to an aromatic ring is 1. The summed E-state index contributed by atoms with van der Waals surface area (Å²) in [5.74, 6) is 2.45. The van der Waals surface area contributed by atoms with Crippen molar-refractivity contribution in [2.75, 3.05) is 5.73 Å². The van der Waals surface area contributed by atoms with Crippen LogP contribution in [0, 0.1) is 12.3 Å². The third-order valence-electron chi connectivity index (χ3n) is 2.44. The molecule has 4 nitrogen and oxygen atoms in total. The number of hydrogen-bond donors (Lipinski definition) is 2. The van der Waals surface area contributed by atoms with Crippen molar-refractivity contribution in [2.24, 2.45) is 0 Å². The Hall–Kier alpha value is -1.03. The SMILES string of the molecule is C#CCC(CC)NS(=O)(=O)c1cc(Br)ccc1N. The van der Waals surface area contributed by atoms with Crippen LogP contribution in [0.2, 0.25) is 0 Å². The van der Waals surface area contributed by atoms with E-state index in [4.69, 9.17) is 12.2 Å². The molecule has 0 radical (unpaired) electrons. The third kappa shape index (κ3) is 3.73. The number of anilines is 1. The van der Waals surface area contributed by atoms with Crippen molar-refractivity contribution in [3.05, 3.63) is 22.7 Å². The molecule has 0 heterocycles. The smallest absolute Gasteiger partial charge is 0.242 e. The summed E-state index contributed by atoms with van der Waals surface area (Å²) in [4.78, 5) is 0.0624. The highest BCUT2D eigenvalue weighted by Crippen LogP contribution is 2.23. The molecule has 0 aliphatic heterocycles. The van der Waals surface area contributed by atoms with Gasteiger partial charge in [0.25, 0.3) is 0 Å². The molecule has 98 valence electrons. The van der Waals surface area contributed by atoms with Crippen molar-refractivity contribution in [1.82, 2.24) is 4.72 Å². The van der Waals surface area contributed by atoms with E-state index >= 15 is 0 Å². The van der Waals surface area contributed by atoms with E-state index in [1.807, 2.05) is 6.92 Å². The first-order valence-electron chi connectivity index (χ1n) is 5.41. The Labute approximate surface area is 116 Å². The zero-order valence-corrected chi connectivity index (χ0v) is 12.4. The first kappa shape index (κ1) is 15.0. The highest BCUT2D eigenvalue weighted by molar-refractivity contribution is 9.10. The predicted molar refractivity (Wildman–Crippen MR) is 76.4 cm³/mol. The van der Waals surface area contributed by atoms with Crippen LogP contribution in [0.3, 0.4) is 0 Å². The summed E-state index contributed by atoms with van der Waals surface area (Å²) >= 11 is 3.22. The predicted octanol–water partition coefficient (Wildman–Crippen LogP) is 2.11. The van der Waals surface area contributed by atoms with Crippen molar-refractivity contribution < 1.29 is 8.42 Å². The monoisotopic (exact) mass is 330 g/mol. The summed E-state index contributed by atoms with van der Waals surface area (Å²) in [5, 5.41) is 0. The number of rotatable bonds is 5. The topological polar surface area (TPSA) is 72.2 Å². The maximum atomic E-state index is 12.2. The van der Waals surface area contributed by atoms with Crippen LogP contribution in [-0.4, -0.2) is 14.5 Å². The van der Waals surface area contributed by atoms with Crippen molar-refractivity contribution in [2.45, 2.75) is 30.7 Å². The molecule has 18 heavy (non-hydrogen) atoms. The van der Waals surface area contributed by atoms with Crippen molar-refractivity contribution in [1.29, 1.82) is 0 Å². The van der Waals surface area contributed by atoms with Gasteiger partial charge in [-0.05, 0) is 24.6 Å². The van der Waals surface area contributed by atoms with Crippen molar-refractivity contribution >= 4 is 31.6 Å². The van der Waals surface area contributed by atoms with Gasteiger partial charge in [0.2, 0.25) is 10.0 Å². The minimum atomic E-state index is -3.65. The molecule has 0 fully saturated rings. The molecule has 6 heteroatoms. The van der Waals surface area contributed by atoms with Gasteiger partial charge in [-0.3, -0.25) is 0 Å². The van der Waals surface area contributed by atoms with Crippen LogP contribution in [0.25, 0.3) is 0 Å². The minimum Gasteiger partial charge on any atom is -0.398 e. The number of sulfonamides is 1. The Bertz CT molecular complexity index is 564. The first-order chi connectivity index (χ1) is 8.40. The molecule has 0 aromatic heterocycles. The molecule has 0 aliphatic carbocycles. The van der Waals surface area contributed by atoms with E-state index in [0.717, 1.165) is 0 Å². The lowest BCUT2D eigenvalue weighted by Gasteiger charge is -2.15. The lowest BCUT2D eigenvalue weighted by atomic mass is 10.2. The molecular weight excluding hydrogens is 316 g/mol. The van der Waals surface area contributed by atoms with Gasteiger partial charge in [-0.25, -0.2) is 13.1 Å². The molecule has 1 rings (SSSR count). The van der Waals surface area contributed by atoms with Crippen LogP contribution < -0.4 is 10.5 Å². The molecule has 1 aromatic rings. The number of hydrogen-bond acceptors (Lipinski definition) is 3. The second-order valence-electron chi connectivity index (χ2n) is 3.82. The van der Waals surface area contributed by atoms with Gasteiger partial charge in [0.05, 0.1) is 5.69 Å². The molecular formula is C12H15BrN2O2S. The Morgan fingerprint density at radius 1 is 1.56 bits per heavy atom. The molecule has 0 spiro atoms. The quantitative estimate of drug-likeness (QED) is 0.641. The fourth-order valence-electron chi connectivity index (χ4n) is 1.44. The molecule has 1 unspecified atom stereocenters. The van der Waals surface area contributed by atoms with Crippen LogP contribution in [0.5, 0.6) is 0 Å². The summed E-state index contributed by atoms with van der Waals surface area (Å²) in [5.41, 5.74) is 5.90. The Morgan fingerprint density at radius 3 is 2.78 bits per heavy atom. The Morgan fingerprint density at radius 2 is 2.22 bits per heavy atom. The summed E-state index contributed by atoms with van der Waals surface area (Å²) in [7, 11) is -3.65. The number of halogens is 1. The fraction of sp³-hybridized carbons (Fsp3) is 0.333. The molecule has 0 bridgehead atoms. The second-order valence-corrected chi connectivity index (χ2v) is 6.41. The maximum Gasteiger partial charge on any atom is 0.242 e. The summed E-state index contributed by atoms with van der Waals surface area (Å²) in [6, 6.07) is 4.42. The van der Waals surface area contributed by atoms with E-state index < -0.39 is 10.0 Å². The van der Waals surface area contributed by atoms with Gasteiger partial charge in [0.1, 0.15) is 4.90 Å². The second kappa shape index (κ2) is 6.23. The largest absolute Gasteiger partial charge is 0.398 e. The number of terminal acetylenes is 1. The van der Waals surface area contributed by atoms with Gasteiger partial charge in [-0.2, -0.15) is 0 Å². The zero-order valence-electron chi connectivity index (χ0n) is 9.98. The first-order valence-corrected chi connectivity index (χ1v) is 7.69. The van der Waals surface area contributed by atoms with Crippen LogP contribution in [0.1, 0.15) is 19.8 Å². The van der Waals surface area contributed by atoms with Gasteiger partial charge in [0, 0.05) is 16.9 Å². The Balaban J connectivity index is 3.06. The van der Waals surface area contributed by atoms with Crippen molar-refractivity contribution in [3.63, 3.8) is 0 Å². The molecule has 0 saturated heterocycles. The minimum absolute atomic E-state index is 0.0624. The standard InChI is InChI=1S/C12H15BrN2O2S/c1-3-5-10(4-2)15-18(16,17)12-8-9(13)6-7-11(12)14/h1,6-8,10,15H,4-5,14H2,2H3. The van der Waals surface area contributed by atoms with Crippen molar-refractivity contribution in [3.8, 4) is 12.3 Å². The highest BCUT2D eigenvalue weighted by atomic mass is 79.9. The van der Waals surface area contributed by atoms with Crippen LogP contribution in [-0.2, 0) is 10.0 Å². The lowest BCUT2D eigenvalue weighted by Crippen LogP contribution is -2.34. The lowest BCUT2D eigenvalue weighted by molar-refractivity contribution is 0.544. The van der Waals surface area contributed by atoms with E-state index in [1.54, 1.807) is 12.1 Å². The van der Waals surface area contributed by atoms with Gasteiger partial charge in [0.15, 0.2) is 0 Å². The fourth-order valence-corrected chi connectivity index (χ4v) is 3.42. The molecule has 1 aromatic carbocycles. The zero-order chi connectivity index (χ0) is 13.8. The summed E-state index contributed by atoms with van der Waals surface area (Å²) in [6.07, 6.45) is 6.17. The number of nitrogens with two attached hydrogens (primary N) is 1. The summed E-state index contributed by atoms with van der Waals surface area (Å²) < 4.78 is 27.5. The van der Waals surface area contributed by atoms with E-state index in [-0.39, 0.29) is 16.6 Å². The Kier molecular flexibility index (Phi) is 5.20. The molecule has 3 N–H and O–H groups in total. The van der Waals surface area contributed by atoms with Gasteiger partial charge >= 0.3 is 0 Å². The van der Waals surface area contributed by atoms with E-state index in [9.17, 15) is 8.42 Å². The third-order valence-corrected chi connectivity index (χ3v) is 4.51. The van der Waals surface area contributed by atoms with E-state index in [1.165, 1.54) is 6.07 Å². The number of nitrogens with one attached hydrogen (secondary N) is 1. The molecule has 0 aliphatic rings. The summed E-state index contributed by atoms with van der Waals surface area (Å²) in [6.45, 7) is 1.87. The molecule has 0 saturated carbocycles. The van der Waals surface area contributed by atoms with Crippen LogP contribution in [0.15, 0.2) is 27.6 Å². The van der Waals surface area contributed by atoms with E-state index in [0.29, 0.717) is 17.3 Å². The van der Waals surface area contributed by atoms with Gasteiger partial charge < -0.3 is 5.73 Å². The number of benzene rings is 1. The molecule has 1 atom stereocenters. The van der Waals surface area contributed by atoms with Crippen LogP contribution in [0.4, 0.5) is 5.69 Å². The average Bonchev–Trinajstić information content (AvgIpc) is 2.31. The van der Waals surface area contributed by atoms with Gasteiger partial charge in [-0.15, -0.1) is 12.3 Å². The van der Waals surface area contributed by atoms with E-state index in [2.05, 4.69) is 26.6 Å².